The van der Waals surface area contributed by atoms with Crippen LogP contribution in [0, 0.1) is 5.92 Å². The maximum atomic E-state index is 5.64. The van der Waals surface area contributed by atoms with Gasteiger partial charge < -0.3 is 14.3 Å². The van der Waals surface area contributed by atoms with Crippen LogP contribution in [-0.2, 0) is 14.3 Å². The predicted octanol–water partition coefficient (Wildman–Crippen LogP) is 1.59. The number of hydrogen-bond acceptors (Lipinski definition) is 4. The van der Waals surface area contributed by atoms with Gasteiger partial charge in [0.05, 0.1) is 25.0 Å². The van der Waals surface area contributed by atoms with Crippen molar-refractivity contribution in [3.05, 3.63) is 0 Å². The first-order chi connectivity index (χ1) is 7.40. The van der Waals surface area contributed by atoms with Gasteiger partial charge in [0.15, 0.2) is 0 Å². The van der Waals surface area contributed by atoms with E-state index < -0.39 is 0 Å². The van der Waals surface area contributed by atoms with Crippen molar-refractivity contribution < 1.29 is 14.3 Å². The zero-order chi connectivity index (χ0) is 10.5. The summed E-state index contributed by atoms with van der Waals surface area (Å²) in [4.78, 5) is 5.05. The van der Waals surface area contributed by atoms with Crippen molar-refractivity contribution in [1.29, 1.82) is 0 Å². The molecule has 0 amide bonds. The molecule has 2 atom stereocenters. The van der Waals surface area contributed by atoms with Crippen molar-refractivity contribution in [1.82, 2.24) is 0 Å². The molecule has 2 heterocycles. The summed E-state index contributed by atoms with van der Waals surface area (Å²) in [5, 5.41) is 3.95. The quantitative estimate of drug-likeness (QED) is 0.651. The molecule has 2 aliphatic heterocycles. The van der Waals surface area contributed by atoms with Crippen LogP contribution in [0.2, 0.25) is 0 Å². The number of ether oxygens (including phenoxy) is 2. The van der Waals surface area contributed by atoms with Gasteiger partial charge in [-0.3, -0.25) is 0 Å². The number of oxime groups is 1. The first-order valence-electron chi connectivity index (χ1n) is 5.78. The van der Waals surface area contributed by atoms with Crippen molar-refractivity contribution >= 4 is 5.71 Å². The lowest BCUT2D eigenvalue weighted by Gasteiger charge is -2.26. The van der Waals surface area contributed by atoms with Gasteiger partial charge in [0, 0.05) is 12.5 Å². The zero-order valence-corrected chi connectivity index (χ0v) is 9.28. The maximum absolute atomic E-state index is 5.64. The Morgan fingerprint density at radius 3 is 3.33 bits per heavy atom. The number of nitrogens with zero attached hydrogens (tertiary/aromatic N) is 1. The summed E-state index contributed by atoms with van der Waals surface area (Å²) in [7, 11) is 0. The number of unbranched alkanes of at least 4 members (excludes halogenated alkanes) is 1. The number of rotatable bonds is 5. The van der Waals surface area contributed by atoms with E-state index >= 15 is 0 Å². The third-order valence-corrected chi connectivity index (χ3v) is 2.89. The van der Waals surface area contributed by atoms with E-state index in [2.05, 4.69) is 12.1 Å². The van der Waals surface area contributed by atoms with Crippen LogP contribution in [0.5, 0.6) is 0 Å². The Kier molecular flexibility index (Phi) is 3.97. The van der Waals surface area contributed by atoms with Gasteiger partial charge in [-0.05, 0) is 12.8 Å². The van der Waals surface area contributed by atoms with Gasteiger partial charge in [-0.1, -0.05) is 18.5 Å². The second-order valence-electron chi connectivity index (χ2n) is 4.17. The molecule has 1 fully saturated rings. The Hall–Kier alpha value is -0.610. The van der Waals surface area contributed by atoms with E-state index in [1.165, 1.54) is 6.42 Å². The summed E-state index contributed by atoms with van der Waals surface area (Å²) in [5.74, 6) is 0.471. The molecule has 0 spiro atoms. The Morgan fingerprint density at radius 1 is 1.53 bits per heavy atom. The average molecular weight is 213 g/mol. The van der Waals surface area contributed by atoms with Crippen LogP contribution < -0.4 is 0 Å². The topological polar surface area (TPSA) is 40.0 Å². The van der Waals surface area contributed by atoms with E-state index in [4.69, 9.17) is 14.3 Å². The molecule has 0 N–H and O–H groups in total. The molecule has 0 aromatic heterocycles. The van der Waals surface area contributed by atoms with Crippen LogP contribution in [0.4, 0.5) is 0 Å². The lowest BCUT2D eigenvalue weighted by atomic mass is 9.95. The van der Waals surface area contributed by atoms with Crippen LogP contribution >= 0.6 is 0 Å². The molecular weight excluding hydrogens is 194 g/mol. The summed E-state index contributed by atoms with van der Waals surface area (Å²) < 4.78 is 11.2. The van der Waals surface area contributed by atoms with Crippen LogP contribution in [-0.4, -0.2) is 38.2 Å². The highest BCUT2D eigenvalue weighted by molar-refractivity contribution is 5.89. The molecule has 86 valence electrons. The van der Waals surface area contributed by atoms with Crippen molar-refractivity contribution in [3.8, 4) is 0 Å². The van der Waals surface area contributed by atoms with Gasteiger partial charge in [-0.15, -0.1) is 0 Å². The summed E-state index contributed by atoms with van der Waals surface area (Å²) in [6.07, 6.45) is 3.53. The maximum Gasteiger partial charge on any atom is 0.125 e. The molecule has 0 aromatic rings. The van der Waals surface area contributed by atoms with E-state index in [1.807, 2.05) is 0 Å². The second kappa shape index (κ2) is 5.47. The standard InChI is InChI=1S/C11H19NO3/c1-2-3-4-13-7-10-5-9-6-15-12-11(9)8-14-10/h9-10H,2-8H2,1H3/t9?,10-/m1/s1. The summed E-state index contributed by atoms with van der Waals surface area (Å²) >= 11 is 0. The van der Waals surface area contributed by atoms with Crippen LogP contribution in [0.3, 0.4) is 0 Å². The molecular formula is C11H19NO3. The molecule has 1 unspecified atom stereocenters. The Labute approximate surface area is 90.6 Å². The molecule has 0 radical (unpaired) electrons. The van der Waals surface area contributed by atoms with Gasteiger partial charge in [0.25, 0.3) is 0 Å². The molecule has 0 saturated carbocycles. The third kappa shape index (κ3) is 2.92. The molecule has 4 heteroatoms. The number of fused-ring (bicyclic) bond motifs is 1. The fourth-order valence-corrected chi connectivity index (χ4v) is 1.90. The van der Waals surface area contributed by atoms with Gasteiger partial charge in [-0.25, -0.2) is 0 Å². The van der Waals surface area contributed by atoms with Gasteiger partial charge in [0.1, 0.15) is 6.61 Å². The molecule has 0 aliphatic carbocycles. The van der Waals surface area contributed by atoms with Crippen molar-refractivity contribution in [2.24, 2.45) is 11.1 Å². The fourth-order valence-electron chi connectivity index (χ4n) is 1.90. The summed E-state index contributed by atoms with van der Waals surface area (Å²) in [5.41, 5.74) is 1.07. The lowest BCUT2D eigenvalue weighted by molar-refractivity contribution is -0.0229. The van der Waals surface area contributed by atoms with E-state index in [0.29, 0.717) is 19.1 Å². The average Bonchev–Trinajstić information content (AvgIpc) is 2.71. The van der Waals surface area contributed by atoms with Crippen LogP contribution in [0.1, 0.15) is 26.2 Å². The van der Waals surface area contributed by atoms with Crippen LogP contribution in [0.25, 0.3) is 0 Å². The van der Waals surface area contributed by atoms with E-state index in [9.17, 15) is 0 Å². The second-order valence-corrected chi connectivity index (χ2v) is 4.17. The number of hydrogen-bond donors (Lipinski definition) is 0. The van der Waals surface area contributed by atoms with Crippen molar-refractivity contribution in [2.45, 2.75) is 32.3 Å². The van der Waals surface area contributed by atoms with E-state index in [1.54, 1.807) is 0 Å². The van der Waals surface area contributed by atoms with Gasteiger partial charge >= 0.3 is 0 Å². The summed E-state index contributed by atoms with van der Waals surface area (Å²) in [6.45, 7) is 5.07. The summed E-state index contributed by atoms with van der Waals surface area (Å²) in [6, 6.07) is 0. The Balaban J connectivity index is 1.65. The fraction of sp³-hybridized carbons (Fsp3) is 0.909. The third-order valence-electron chi connectivity index (χ3n) is 2.89. The Morgan fingerprint density at radius 2 is 2.47 bits per heavy atom. The van der Waals surface area contributed by atoms with Crippen LogP contribution in [0.15, 0.2) is 5.16 Å². The highest BCUT2D eigenvalue weighted by Gasteiger charge is 2.32. The SMILES string of the molecule is CCCCOC[C@H]1CC2CON=C2CO1. The molecule has 0 aromatic carbocycles. The smallest absolute Gasteiger partial charge is 0.125 e. The largest absolute Gasteiger partial charge is 0.395 e. The molecule has 0 bridgehead atoms. The lowest BCUT2D eigenvalue weighted by Crippen LogP contribution is -2.35. The first-order valence-corrected chi connectivity index (χ1v) is 5.78. The van der Waals surface area contributed by atoms with Crippen molar-refractivity contribution in [3.63, 3.8) is 0 Å². The molecule has 1 saturated heterocycles. The highest BCUT2D eigenvalue weighted by atomic mass is 16.6. The van der Waals surface area contributed by atoms with Gasteiger partial charge in [-0.2, -0.15) is 0 Å². The molecule has 2 aliphatic rings. The predicted molar refractivity (Wildman–Crippen MR) is 57.0 cm³/mol. The molecule has 4 nitrogen and oxygen atoms in total. The van der Waals surface area contributed by atoms with Crippen molar-refractivity contribution in [2.75, 3.05) is 26.4 Å². The molecule has 2 rings (SSSR count). The minimum Gasteiger partial charge on any atom is -0.395 e. The minimum absolute atomic E-state index is 0.229. The van der Waals surface area contributed by atoms with E-state index in [0.717, 1.165) is 31.8 Å². The van der Waals surface area contributed by atoms with E-state index in [-0.39, 0.29) is 6.10 Å². The van der Waals surface area contributed by atoms with Gasteiger partial charge in [0.2, 0.25) is 0 Å². The normalized spacial score (nSPS) is 29.5. The monoisotopic (exact) mass is 213 g/mol. The first kappa shape index (κ1) is 10.9. The Bertz CT molecular complexity index is 230. The molecule has 15 heavy (non-hydrogen) atoms. The minimum atomic E-state index is 0.229. The zero-order valence-electron chi connectivity index (χ0n) is 9.28. The highest BCUT2D eigenvalue weighted by Crippen LogP contribution is 2.23.